The molecule has 0 unspecified atom stereocenters. The topological polar surface area (TPSA) is 64.1 Å². The average molecular weight is 343 g/mol. The van der Waals surface area contributed by atoms with E-state index in [1.54, 1.807) is 19.2 Å². The van der Waals surface area contributed by atoms with Gasteiger partial charge in [0.1, 0.15) is 23.0 Å². The maximum Gasteiger partial charge on any atom is 0.156 e. The van der Waals surface area contributed by atoms with Crippen LogP contribution < -0.4 is 10.1 Å². The third kappa shape index (κ3) is 3.02. The van der Waals surface area contributed by atoms with Crippen molar-refractivity contribution in [3.05, 3.63) is 39.7 Å². The summed E-state index contributed by atoms with van der Waals surface area (Å²) in [4.78, 5) is 18.7. The van der Waals surface area contributed by atoms with Crippen molar-refractivity contribution < 1.29 is 9.53 Å². The van der Waals surface area contributed by atoms with Crippen molar-refractivity contribution in [1.82, 2.24) is 9.97 Å². The molecule has 0 aliphatic rings. The van der Waals surface area contributed by atoms with Crippen LogP contribution in [0.2, 0.25) is 5.15 Å². The number of carbonyl (C=O) groups is 1. The average Bonchev–Trinajstić information content (AvgIpc) is 2.39. The summed E-state index contributed by atoms with van der Waals surface area (Å²) < 4.78 is 5.92. The van der Waals surface area contributed by atoms with Crippen LogP contribution in [0.5, 0.6) is 5.75 Å². The van der Waals surface area contributed by atoms with Crippen LogP contribution in [0.1, 0.15) is 10.4 Å². The Morgan fingerprint density at radius 1 is 1.42 bits per heavy atom. The second kappa shape index (κ2) is 5.99. The largest absolute Gasteiger partial charge is 0.496 e. The van der Waals surface area contributed by atoms with Gasteiger partial charge in [0.05, 0.1) is 17.1 Å². The zero-order chi connectivity index (χ0) is 13.8. The summed E-state index contributed by atoms with van der Waals surface area (Å²) in [6.45, 7) is 0. The standard InChI is InChI=1S/C12H9BrClN3O2/c1-19-10-3-2-7(4-9(10)13)17-12-8(5-18)11(14)15-6-16-12/h2-6H,1H3,(H,15,16,17). The molecule has 1 N–H and O–H groups in total. The molecule has 19 heavy (non-hydrogen) atoms. The second-order valence-corrected chi connectivity index (χ2v) is 4.73. The molecule has 0 fully saturated rings. The molecule has 2 rings (SSSR count). The predicted octanol–water partition coefficient (Wildman–Crippen LogP) is 3.46. The molecular weight excluding hydrogens is 334 g/mol. The van der Waals surface area contributed by atoms with E-state index >= 15 is 0 Å². The van der Waals surface area contributed by atoms with Crippen LogP contribution in [-0.4, -0.2) is 23.4 Å². The van der Waals surface area contributed by atoms with Gasteiger partial charge in [0, 0.05) is 5.69 Å². The molecule has 0 spiro atoms. The molecule has 0 bridgehead atoms. The van der Waals surface area contributed by atoms with Crippen LogP contribution in [0.15, 0.2) is 29.0 Å². The first-order valence-electron chi connectivity index (χ1n) is 5.22. The van der Waals surface area contributed by atoms with Crippen molar-refractivity contribution in [2.24, 2.45) is 0 Å². The molecule has 1 aromatic heterocycles. The van der Waals surface area contributed by atoms with Gasteiger partial charge >= 0.3 is 0 Å². The summed E-state index contributed by atoms with van der Waals surface area (Å²) in [6.07, 6.45) is 1.90. The monoisotopic (exact) mass is 341 g/mol. The summed E-state index contributed by atoms with van der Waals surface area (Å²) in [5.41, 5.74) is 0.960. The van der Waals surface area contributed by atoms with Gasteiger partial charge in [-0.15, -0.1) is 0 Å². The van der Waals surface area contributed by atoms with Gasteiger partial charge in [-0.1, -0.05) is 11.6 Å². The van der Waals surface area contributed by atoms with Gasteiger partial charge in [0.25, 0.3) is 0 Å². The number of aromatic nitrogens is 2. The Bertz CT molecular complexity index is 622. The summed E-state index contributed by atoms with van der Waals surface area (Å²) in [6, 6.07) is 5.40. The van der Waals surface area contributed by atoms with E-state index in [1.807, 2.05) is 6.07 Å². The first-order chi connectivity index (χ1) is 9.15. The number of anilines is 2. The highest BCUT2D eigenvalue weighted by atomic mass is 79.9. The number of hydrogen-bond donors (Lipinski definition) is 1. The Kier molecular flexibility index (Phi) is 4.34. The van der Waals surface area contributed by atoms with Crippen molar-refractivity contribution in [1.29, 1.82) is 0 Å². The minimum atomic E-state index is 0.111. The van der Waals surface area contributed by atoms with Gasteiger partial charge in [0.15, 0.2) is 6.29 Å². The molecule has 0 saturated carbocycles. The van der Waals surface area contributed by atoms with E-state index in [1.165, 1.54) is 6.33 Å². The molecule has 0 radical (unpaired) electrons. The van der Waals surface area contributed by atoms with Crippen molar-refractivity contribution in [3.63, 3.8) is 0 Å². The molecule has 2 aromatic rings. The van der Waals surface area contributed by atoms with E-state index in [2.05, 4.69) is 31.2 Å². The van der Waals surface area contributed by atoms with Crippen LogP contribution in [0.4, 0.5) is 11.5 Å². The number of benzene rings is 1. The highest BCUT2D eigenvalue weighted by molar-refractivity contribution is 9.10. The molecule has 0 amide bonds. The van der Waals surface area contributed by atoms with Gasteiger partial charge in [-0.05, 0) is 34.1 Å². The summed E-state index contributed by atoms with van der Waals surface area (Å²) >= 11 is 9.20. The van der Waals surface area contributed by atoms with E-state index in [0.717, 1.165) is 10.2 Å². The van der Waals surface area contributed by atoms with Gasteiger partial charge in [0.2, 0.25) is 0 Å². The molecule has 5 nitrogen and oxygen atoms in total. The van der Waals surface area contributed by atoms with Crippen LogP contribution in [-0.2, 0) is 0 Å². The lowest BCUT2D eigenvalue weighted by Gasteiger charge is -2.10. The van der Waals surface area contributed by atoms with Crippen LogP contribution in [0, 0.1) is 0 Å². The molecule has 1 aromatic carbocycles. The smallest absolute Gasteiger partial charge is 0.156 e. The van der Waals surface area contributed by atoms with Crippen molar-refractivity contribution in [3.8, 4) is 5.75 Å². The Hall–Kier alpha value is -1.66. The minimum Gasteiger partial charge on any atom is -0.496 e. The van der Waals surface area contributed by atoms with Gasteiger partial charge in [-0.2, -0.15) is 0 Å². The molecule has 0 aliphatic heterocycles. The number of ether oxygens (including phenoxy) is 1. The van der Waals surface area contributed by atoms with Gasteiger partial charge in [-0.25, -0.2) is 9.97 Å². The SMILES string of the molecule is COc1ccc(Nc2ncnc(Cl)c2C=O)cc1Br. The number of aldehydes is 1. The molecule has 98 valence electrons. The number of nitrogens with zero attached hydrogens (tertiary/aromatic N) is 2. The Balaban J connectivity index is 2.34. The van der Waals surface area contributed by atoms with Gasteiger partial charge in [-0.3, -0.25) is 4.79 Å². The zero-order valence-electron chi connectivity index (χ0n) is 9.85. The quantitative estimate of drug-likeness (QED) is 0.681. The lowest BCUT2D eigenvalue weighted by atomic mass is 10.2. The van der Waals surface area contributed by atoms with Crippen molar-refractivity contribution in [2.45, 2.75) is 0 Å². The first kappa shape index (κ1) is 13.8. The number of nitrogens with one attached hydrogen (secondary N) is 1. The summed E-state index contributed by atoms with van der Waals surface area (Å²) in [7, 11) is 1.59. The zero-order valence-corrected chi connectivity index (χ0v) is 12.2. The predicted molar refractivity (Wildman–Crippen MR) is 76.4 cm³/mol. The summed E-state index contributed by atoms with van der Waals surface area (Å²) in [5, 5.41) is 3.12. The fourth-order valence-corrected chi connectivity index (χ4v) is 2.18. The van der Waals surface area contributed by atoms with Crippen LogP contribution >= 0.6 is 27.5 Å². The number of hydrogen-bond acceptors (Lipinski definition) is 5. The van der Waals surface area contributed by atoms with E-state index in [-0.39, 0.29) is 10.7 Å². The van der Waals surface area contributed by atoms with Crippen molar-refractivity contribution in [2.75, 3.05) is 12.4 Å². The van der Waals surface area contributed by atoms with E-state index in [4.69, 9.17) is 16.3 Å². The lowest BCUT2D eigenvalue weighted by molar-refractivity contribution is 0.112. The number of halogens is 2. The Labute approximate surface area is 123 Å². The van der Waals surface area contributed by atoms with Crippen LogP contribution in [0.25, 0.3) is 0 Å². The minimum absolute atomic E-state index is 0.111. The lowest BCUT2D eigenvalue weighted by Crippen LogP contribution is -2.00. The highest BCUT2D eigenvalue weighted by Crippen LogP contribution is 2.29. The van der Waals surface area contributed by atoms with Crippen LogP contribution in [0.3, 0.4) is 0 Å². The maximum absolute atomic E-state index is 11.0. The number of carbonyl (C=O) groups excluding carboxylic acids is 1. The normalized spacial score (nSPS) is 10.1. The Morgan fingerprint density at radius 3 is 2.84 bits per heavy atom. The summed E-state index contributed by atoms with van der Waals surface area (Å²) in [5.74, 6) is 1.06. The van der Waals surface area contributed by atoms with E-state index in [0.29, 0.717) is 17.9 Å². The van der Waals surface area contributed by atoms with E-state index in [9.17, 15) is 4.79 Å². The highest BCUT2D eigenvalue weighted by Gasteiger charge is 2.10. The fourth-order valence-electron chi connectivity index (χ4n) is 1.46. The Morgan fingerprint density at radius 2 is 2.21 bits per heavy atom. The molecule has 0 saturated heterocycles. The molecule has 1 heterocycles. The number of rotatable bonds is 4. The number of methoxy groups -OCH3 is 1. The van der Waals surface area contributed by atoms with E-state index < -0.39 is 0 Å². The fraction of sp³-hybridized carbons (Fsp3) is 0.0833. The maximum atomic E-state index is 11.0. The van der Waals surface area contributed by atoms with Crippen molar-refractivity contribution >= 4 is 45.3 Å². The molecule has 0 aliphatic carbocycles. The molecule has 7 heteroatoms. The second-order valence-electron chi connectivity index (χ2n) is 3.52. The first-order valence-corrected chi connectivity index (χ1v) is 6.39. The molecule has 0 atom stereocenters. The third-order valence-electron chi connectivity index (χ3n) is 2.37. The molecular formula is C12H9BrClN3O2. The van der Waals surface area contributed by atoms with Gasteiger partial charge < -0.3 is 10.1 Å². The third-order valence-corrected chi connectivity index (χ3v) is 3.29.